The molecule has 0 aliphatic carbocycles. The number of ether oxygens (including phenoxy) is 1. The highest BCUT2D eigenvalue weighted by Gasteiger charge is 2.40. The van der Waals surface area contributed by atoms with Crippen LogP contribution in [0.2, 0.25) is 0 Å². The van der Waals surface area contributed by atoms with Gasteiger partial charge in [0.1, 0.15) is 0 Å². The summed E-state index contributed by atoms with van der Waals surface area (Å²) in [6.07, 6.45) is 3.38. The molecule has 18 heavy (non-hydrogen) atoms. The molecule has 0 spiro atoms. The fourth-order valence-corrected chi connectivity index (χ4v) is 2.99. The van der Waals surface area contributed by atoms with Gasteiger partial charge in [-0.1, -0.05) is 6.07 Å². The molecule has 1 heterocycles. The number of nitrogens with zero attached hydrogens (tertiary/aromatic N) is 1. The molecule has 0 aliphatic rings. The first-order chi connectivity index (χ1) is 8.57. The van der Waals surface area contributed by atoms with Gasteiger partial charge in [0, 0.05) is 26.6 Å². The second-order valence-corrected chi connectivity index (χ2v) is 5.94. The summed E-state index contributed by atoms with van der Waals surface area (Å²) in [6.45, 7) is 0. The third-order valence-electron chi connectivity index (χ3n) is 2.52. The molecule has 0 aliphatic heterocycles. The van der Waals surface area contributed by atoms with Crippen LogP contribution >= 0.6 is 7.60 Å². The molecule has 6 nitrogen and oxygen atoms in total. The molecule has 0 amide bonds. The largest absolute Gasteiger partial charge is 0.468 e. The van der Waals surface area contributed by atoms with Crippen LogP contribution in [0, 0.1) is 0 Å². The Morgan fingerprint density at radius 3 is 2.50 bits per heavy atom. The lowest BCUT2D eigenvalue weighted by atomic mass is 10.1. The van der Waals surface area contributed by atoms with Crippen LogP contribution in [0.5, 0.6) is 0 Å². The average Bonchev–Trinajstić information content (AvgIpc) is 2.44. The molecule has 0 radical (unpaired) electrons. The first-order valence-corrected chi connectivity index (χ1v) is 6.86. The number of hydrogen-bond acceptors (Lipinski definition) is 6. The first-order valence-electron chi connectivity index (χ1n) is 5.25. The number of hydrogen-bond donors (Lipinski definition) is 0. The molecule has 1 atom stereocenters. The van der Waals surface area contributed by atoms with Gasteiger partial charge in [-0.05, 0) is 18.1 Å². The minimum Gasteiger partial charge on any atom is -0.468 e. The van der Waals surface area contributed by atoms with Crippen molar-refractivity contribution in [2.24, 2.45) is 0 Å². The van der Waals surface area contributed by atoms with Gasteiger partial charge in [-0.2, -0.15) is 0 Å². The third kappa shape index (κ3) is 3.38. The van der Waals surface area contributed by atoms with E-state index >= 15 is 0 Å². The standard InChI is InChI=1S/C11H16NO5P/c1-15-11(13)10(18(14,16-2)17-3)7-9-5-4-6-12-8-9/h4-6,8,10H,7H2,1-3H3. The van der Waals surface area contributed by atoms with E-state index in [9.17, 15) is 9.36 Å². The van der Waals surface area contributed by atoms with E-state index in [2.05, 4.69) is 9.72 Å². The lowest BCUT2D eigenvalue weighted by Crippen LogP contribution is -2.26. The zero-order valence-electron chi connectivity index (χ0n) is 10.5. The predicted octanol–water partition coefficient (Wildman–Crippen LogP) is 1.65. The van der Waals surface area contributed by atoms with Gasteiger partial charge < -0.3 is 13.8 Å². The van der Waals surface area contributed by atoms with E-state index in [1.165, 1.54) is 21.3 Å². The molecular weight excluding hydrogens is 257 g/mol. The highest BCUT2D eigenvalue weighted by Crippen LogP contribution is 2.53. The molecule has 1 aromatic heterocycles. The maximum absolute atomic E-state index is 12.3. The summed E-state index contributed by atoms with van der Waals surface area (Å²) in [5, 5.41) is 0. The van der Waals surface area contributed by atoms with Gasteiger partial charge in [-0.25, -0.2) is 0 Å². The highest BCUT2D eigenvalue weighted by molar-refractivity contribution is 7.55. The van der Waals surface area contributed by atoms with Crippen LogP contribution in [0.3, 0.4) is 0 Å². The number of carbonyl (C=O) groups excluding carboxylic acids is 1. The third-order valence-corrected chi connectivity index (χ3v) is 4.69. The molecular formula is C11H16NO5P. The van der Waals surface area contributed by atoms with Crippen LogP contribution < -0.4 is 0 Å². The Kier molecular flexibility index (Phi) is 5.47. The average molecular weight is 273 g/mol. The van der Waals surface area contributed by atoms with Crippen molar-refractivity contribution < 1.29 is 23.1 Å². The van der Waals surface area contributed by atoms with Crippen molar-refractivity contribution in [2.45, 2.75) is 12.1 Å². The Hall–Kier alpha value is -1.23. The molecule has 100 valence electrons. The van der Waals surface area contributed by atoms with Gasteiger partial charge in [0.15, 0.2) is 5.66 Å². The number of rotatable bonds is 6. The second kappa shape index (κ2) is 6.64. The summed E-state index contributed by atoms with van der Waals surface area (Å²) >= 11 is 0. The van der Waals surface area contributed by atoms with Crippen molar-refractivity contribution >= 4 is 13.6 Å². The van der Waals surface area contributed by atoms with Gasteiger partial charge in [0.05, 0.1) is 7.11 Å². The van der Waals surface area contributed by atoms with E-state index in [0.29, 0.717) is 0 Å². The number of esters is 1. The Bertz CT molecular complexity index is 428. The van der Waals surface area contributed by atoms with E-state index in [4.69, 9.17) is 9.05 Å². The van der Waals surface area contributed by atoms with Gasteiger partial charge in [-0.3, -0.25) is 14.3 Å². The van der Waals surface area contributed by atoms with Crippen molar-refractivity contribution in [3.05, 3.63) is 30.1 Å². The lowest BCUT2D eigenvalue weighted by molar-refractivity contribution is -0.140. The quantitative estimate of drug-likeness (QED) is 0.579. The molecule has 0 N–H and O–H groups in total. The number of carbonyl (C=O) groups is 1. The molecule has 1 aromatic rings. The second-order valence-electron chi connectivity index (χ2n) is 3.51. The zero-order chi connectivity index (χ0) is 13.6. The Morgan fingerprint density at radius 1 is 1.39 bits per heavy atom. The van der Waals surface area contributed by atoms with E-state index in [0.717, 1.165) is 5.56 Å². The maximum Gasteiger partial charge on any atom is 0.344 e. The normalized spacial score (nSPS) is 13.1. The zero-order valence-corrected chi connectivity index (χ0v) is 11.4. The van der Waals surface area contributed by atoms with Crippen LogP contribution in [0.15, 0.2) is 24.5 Å². The van der Waals surface area contributed by atoms with Gasteiger partial charge >= 0.3 is 13.6 Å². The Labute approximate surface area is 106 Å². The molecule has 0 saturated carbocycles. The fourth-order valence-electron chi connectivity index (χ4n) is 1.53. The SMILES string of the molecule is COC(=O)C(Cc1cccnc1)P(=O)(OC)OC. The topological polar surface area (TPSA) is 74.7 Å². The lowest BCUT2D eigenvalue weighted by Gasteiger charge is -2.22. The smallest absolute Gasteiger partial charge is 0.344 e. The van der Waals surface area contributed by atoms with Crippen molar-refractivity contribution in [2.75, 3.05) is 21.3 Å². The van der Waals surface area contributed by atoms with Crippen molar-refractivity contribution in [3.8, 4) is 0 Å². The number of aromatic nitrogens is 1. The van der Waals surface area contributed by atoms with E-state index < -0.39 is 19.2 Å². The minimum absolute atomic E-state index is 0.180. The monoisotopic (exact) mass is 273 g/mol. The Morgan fingerprint density at radius 2 is 2.06 bits per heavy atom. The summed E-state index contributed by atoms with van der Waals surface area (Å²) < 4.78 is 26.6. The predicted molar refractivity (Wildman–Crippen MR) is 65.4 cm³/mol. The fraction of sp³-hybridized carbons (Fsp3) is 0.455. The molecule has 0 bridgehead atoms. The molecule has 7 heteroatoms. The molecule has 1 unspecified atom stereocenters. The van der Waals surface area contributed by atoms with E-state index in [-0.39, 0.29) is 6.42 Å². The van der Waals surface area contributed by atoms with Crippen LogP contribution in [0.25, 0.3) is 0 Å². The molecule has 0 fully saturated rings. The van der Waals surface area contributed by atoms with E-state index in [1.54, 1.807) is 24.5 Å². The first kappa shape index (κ1) is 14.8. The highest BCUT2D eigenvalue weighted by atomic mass is 31.2. The van der Waals surface area contributed by atoms with Crippen LogP contribution in [0.4, 0.5) is 0 Å². The maximum atomic E-state index is 12.3. The van der Waals surface area contributed by atoms with Gasteiger partial charge in [0.2, 0.25) is 0 Å². The van der Waals surface area contributed by atoms with Crippen molar-refractivity contribution in [3.63, 3.8) is 0 Å². The van der Waals surface area contributed by atoms with Crippen molar-refractivity contribution in [1.82, 2.24) is 4.98 Å². The summed E-state index contributed by atoms with van der Waals surface area (Å²) in [7, 11) is 0.178. The number of methoxy groups -OCH3 is 1. The van der Waals surface area contributed by atoms with Gasteiger partial charge in [0.25, 0.3) is 0 Å². The molecule has 1 rings (SSSR count). The van der Waals surface area contributed by atoms with Crippen LogP contribution in [0.1, 0.15) is 5.56 Å². The van der Waals surface area contributed by atoms with Crippen LogP contribution in [-0.2, 0) is 29.6 Å². The Balaban J connectivity index is 3.00. The van der Waals surface area contributed by atoms with Crippen molar-refractivity contribution in [1.29, 1.82) is 0 Å². The minimum atomic E-state index is -3.53. The molecule has 0 saturated heterocycles. The van der Waals surface area contributed by atoms with Gasteiger partial charge in [-0.15, -0.1) is 0 Å². The van der Waals surface area contributed by atoms with E-state index in [1.807, 2.05) is 0 Å². The summed E-state index contributed by atoms with van der Waals surface area (Å²) in [6, 6.07) is 3.51. The van der Waals surface area contributed by atoms with Crippen LogP contribution in [-0.4, -0.2) is 37.9 Å². The summed E-state index contributed by atoms with van der Waals surface area (Å²) in [5.41, 5.74) is -0.246. The summed E-state index contributed by atoms with van der Waals surface area (Å²) in [5.74, 6) is -0.633. The molecule has 0 aromatic carbocycles. The summed E-state index contributed by atoms with van der Waals surface area (Å²) in [4.78, 5) is 15.6. The number of pyridine rings is 1.